The van der Waals surface area contributed by atoms with Gasteiger partial charge in [-0.05, 0) is 48.7 Å². The number of nitrogens with zero attached hydrogens (tertiary/aromatic N) is 1. The van der Waals surface area contributed by atoms with Gasteiger partial charge < -0.3 is 10.5 Å². The SMILES string of the molecule is CCC(N)c1cccc(Oc2cc(C#N)ccc2C)c1. The van der Waals surface area contributed by atoms with Gasteiger partial charge in [-0.1, -0.05) is 25.1 Å². The molecule has 0 spiro atoms. The average Bonchev–Trinajstić information content (AvgIpc) is 2.49. The van der Waals surface area contributed by atoms with Crippen molar-refractivity contribution in [1.82, 2.24) is 0 Å². The lowest BCUT2D eigenvalue weighted by Crippen LogP contribution is -2.08. The van der Waals surface area contributed by atoms with Crippen molar-refractivity contribution in [2.45, 2.75) is 26.3 Å². The van der Waals surface area contributed by atoms with Gasteiger partial charge in [-0.15, -0.1) is 0 Å². The van der Waals surface area contributed by atoms with Gasteiger partial charge in [-0.3, -0.25) is 0 Å². The predicted molar refractivity (Wildman–Crippen MR) is 79.6 cm³/mol. The third-order valence-corrected chi connectivity index (χ3v) is 3.27. The summed E-state index contributed by atoms with van der Waals surface area (Å²) in [6.07, 6.45) is 0.881. The van der Waals surface area contributed by atoms with Gasteiger partial charge in [0.1, 0.15) is 11.5 Å². The summed E-state index contributed by atoms with van der Waals surface area (Å²) < 4.78 is 5.88. The molecule has 0 radical (unpaired) electrons. The zero-order valence-electron chi connectivity index (χ0n) is 11.8. The van der Waals surface area contributed by atoms with Gasteiger partial charge in [0.05, 0.1) is 11.6 Å². The lowest BCUT2D eigenvalue weighted by atomic mass is 10.1. The molecule has 0 aliphatic rings. The van der Waals surface area contributed by atoms with Gasteiger partial charge >= 0.3 is 0 Å². The molecule has 0 aromatic heterocycles. The van der Waals surface area contributed by atoms with E-state index in [1.165, 1.54) is 0 Å². The molecule has 0 aliphatic heterocycles. The highest BCUT2D eigenvalue weighted by atomic mass is 16.5. The number of nitrogens with two attached hydrogens (primary N) is 1. The third-order valence-electron chi connectivity index (χ3n) is 3.27. The standard InChI is InChI=1S/C17H18N2O/c1-3-16(19)14-5-4-6-15(10-14)20-17-9-13(11-18)8-7-12(17)2/h4-10,16H,3,19H2,1-2H3. The summed E-state index contributed by atoms with van der Waals surface area (Å²) in [5, 5.41) is 8.95. The Hall–Kier alpha value is -2.31. The van der Waals surface area contributed by atoms with Crippen LogP contribution >= 0.6 is 0 Å². The summed E-state index contributed by atoms with van der Waals surface area (Å²) in [5.41, 5.74) is 8.67. The summed E-state index contributed by atoms with van der Waals surface area (Å²) in [7, 11) is 0. The molecule has 0 saturated carbocycles. The molecule has 0 fully saturated rings. The van der Waals surface area contributed by atoms with Crippen molar-refractivity contribution >= 4 is 0 Å². The first-order chi connectivity index (χ1) is 9.63. The second-order valence-electron chi connectivity index (χ2n) is 4.78. The Morgan fingerprint density at radius 2 is 2.05 bits per heavy atom. The van der Waals surface area contributed by atoms with Gasteiger partial charge in [-0.2, -0.15) is 5.26 Å². The van der Waals surface area contributed by atoms with Crippen molar-refractivity contribution in [2.75, 3.05) is 0 Å². The van der Waals surface area contributed by atoms with Crippen LogP contribution in [0.15, 0.2) is 42.5 Å². The molecule has 3 nitrogen and oxygen atoms in total. The van der Waals surface area contributed by atoms with E-state index in [0.717, 1.165) is 23.3 Å². The molecule has 0 saturated heterocycles. The fourth-order valence-corrected chi connectivity index (χ4v) is 1.95. The first-order valence-corrected chi connectivity index (χ1v) is 6.68. The smallest absolute Gasteiger partial charge is 0.131 e. The van der Waals surface area contributed by atoms with Crippen LogP contribution in [0.1, 0.15) is 36.1 Å². The van der Waals surface area contributed by atoms with E-state index in [0.29, 0.717) is 11.3 Å². The normalized spacial score (nSPS) is 11.7. The van der Waals surface area contributed by atoms with Crippen molar-refractivity contribution in [1.29, 1.82) is 5.26 Å². The number of hydrogen-bond donors (Lipinski definition) is 1. The lowest BCUT2D eigenvalue weighted by Gasteiger charge is -2.13. The van der Waals surface area contributed by atoms with Crippen LogP contribution in [0.3, 0.4) is 0 Å². The minimum absolute atomic E-state index is 0.0186. The Morgan fingerprint density at radius 3 is 2.75 bits per heavy atom. The highest BCUT2D eigenvalue weighted by Crippen LogP contribution is 2.28. The first-order valence-electron chi connectivity index (χ1n) is 6.68. The van der Waals surface area contributed by atoms with Crippen LogP contribution in [-0.2, 0) is 0 Å². The van der Waals surface area contributed by atoms with E-state index in [-0.39, 0.29) is 6.04 Å². The number of benzene rings is 2. The second-order valence-corrected chi connectivity index (χ2v) is 4.78. The quantitative estimate of drug-likeness (QED) is 0.907. The summed E-state index contributed by atoms with van der Waals surface area (Å²) in [6.45, 7) is 4.01. The molecule has 0 amide bonds. The number of nitriles is 1. The molecule has 2 N–H and O–H groups in total. The molecule has 2 aromatic rings. The van der Waals surface area contributed by atoms with E-state index < -0.39 is 0 Å². The van der Waals surface area contributed by atoms with Crippen LogP contribution in [0, 0.1) is 18.3 Å². The zero-order valence-corrected chi connectivity index (χ0v) is 11.8. The monoisotopic (exact) mass is 266 g/mol. The molecular weight excluding hydrogens is 248 g/mol. The van der Waals surface area contributed by atoms with Crippen molar-refractivity contribution in [2.24, 2.45) is 5.73 Å². The maximum Gasteiger partial charge on any atom is 0.131 e. The Bertz CT molecular complexity index is 644. The van der Waals surface area contributed by atoms with Crippen LogP contribution in [0.2, 0.25) is 0 Å². The van der Waals surface area contributed by atoms with E-state index in [4.69, 9.17) is 15.7 Å². The van der Waals surface area contributed by atoms with Crippen LogP contribution < -0.4 is 10.5 Å². The van der Waals surface area contributed by atoms with Crippen LogP contribution in [0.25, 0.3) is 0 Å². The molecule has 2 rings (SSSR count). The second kappa shape index (κ2) is 6.23. The van der Waals surface area contributed by atoms with Crippen LogP contribution in [0.4, 0.5) is 0 Å². The zero-order chi connectivity index (χ0) is 14.5. The Balaban J connectivity index is 2.28. The van der Waals surface area contributed by atoms with Gasteiger partial charge in [-0.25, -0.2) is 0 Å². The van der Waals surface area contributed by atoms with Crippen molar-refractivity contribution in [3.63, 3.8) is 0 Å². The molecule has 0 aliphatic carbocycles. The minimum Gasteiger partial charge on any atom is -0.457 e. The van der Waals surface area contributed by atoms with E-state index in [9.17, 15) is 0 Å². The fourth-order valence-electron chi connectivity index (χ4n) is 1.95. The molecule has 1 atom stereocenters. The maximum atomic E-state index is 8.95. The molecule has 1 unspecified atom stereocenters. The summed E-state index contributed by atoms with van der Waals surface area (Å²) >= 11 is 0. The molecule has 0 heterocycles. The lowest BCUT2D eigenvalue weighted by molar-refractivity contribution is 0.477. The minimum atomic E-state index is 0.0186. The van der Waals surface area contributed by atoms with Gasteiger partial charge in [0.15, 0.2) is 0 Å². The van der Waals surface area contributed by atoms with Crippen molar-refractivity contribution in [3.8, 4) is 17.6 Å². The maximum absolute atomic E-state index is 8.95. The number of hydrogen-bond acceptors (Lipinski definition) is 3. The summed E-state index contributed by atoms with van der Waals surface area (Å²) in [4.78, 5) is 0. The highest BCUT2D eigenvalue weighted by molar-refractivity contribution is 5.44. The molecular formula is C17H18N2O. The number of ether oxygens (including phenoxy) is 1. The molecule has 20 heavy (non-hydrogen) atoms. The van der Waals surface area contributed by atoms with Gasteiger partial charge in [0.25, 0.3) is 0 Å². The molecule has 102 valence electrons. The summed E-state index contributed by atoms with van der Waals surface area (Å²) in [5.74, 6) is 1.44. The topological polar surface area (TPSA) is 59.0 Å². The van der Waals surface area contributed by atoms with Gasteiger partial charge in [0.2, 0.25) is 0 Å². The average molecular weight is 266 g/mol. The Kier molecular flexibility index (Phi) is 4.39. The van der Waals surface area contributed by atoms with Crippen LogP contribution in [0.5, 0.6) is 11.5 Å². The Morgan fingerprint density at radius 1 is 1.25 bits per heavy atom. The van der Waals surface area contributed by atoms with Crippen LogP contribution in [-0.4, -0.2) is 0 Å². The van der Waals surface area contributed by atoms with Crippen molar-refractivity contribution in [3.05, 3.63) is 59.2 Å². The van der Waals surface area contributed by atoms with E-state index in [2.05, 4.69) is 13.0 Å². The van der Waals surface area contributed by atoms with E-state index in [1.54, 1.807) is 12.1 Å². The largest absolute Gasteiger partial charge is 0.457 e. The summed E-state index contributed by atoms with van der Waals surface area (Å²) in [6, 6.07) is 15.3. The highest BCUT2D eigenvalue weighted by Gasteiger charge is 2.07. The predicted octanol–water partition coefficient (Wildman–Crippen LogP) is 4.07. The van der Waals surface area contributed by atoms with Crippen molar-refractivity contribution < 1.29 is 4.74 Å². The van der Waals surface area contributed by atoms with E-state index >= 15 is 0 Å². The molecule has 3 heteroatoms. The third kappa shape index (κ3) is 3.17. The number of aryl methyl sites for hydroxylation is 1. The Labute approximate surface area is 119 Å². The van der Waals surface area contributed by atoms with E-state index in [1.807, 2.05) is 37.3 Å². The number of rotatable bonds is 4. The fraction of sp³-hybridized carbons (Fsp3) is 0.235. The van der Waals surface area contributed by atoms with Gasteiger partial charge in [0, 0.05) is 6.04 Å². The first kappa shape index (κ1) is 14.1. The molecule has 2 aromatic carbocycles. The molecule has 0 bridgehead atoms.